The fourth-order valence-electron chi connectivity index (χ4n) is 2.63. The normalized spacial score (nSPS) is 23.2. The first-order valence-electron chi connectivity index (χ1n) is 7.20. The van der Waals surface area contributed by atoms with Gasteiger partial charge in [0.1, 0.15) is 12.4 Å². The molecule has 20 heavy (non-hydrogen) atoms. The summed E-state index contributed by atoms with van der Waals surface area (Å²) in [6, 6.07) is 5.07. The van der Waals surface area contributed by atoms with Gasteiger partial charge >= 0.3 is 0 Å². The maximum absolute atomic E-state index is 14.0. The molecule has 108 valence electrons. The van der Waals surface area contributed by atoms with Gasteiger partial charge in [-0.3, -0.25) is 4.90 Å². The number of halogens is 1. The molecule has 1 aliphatic heterocycles. The van der Waals surface area contributed by atoms with Crippen molar-refractivity contribution in [3.05, 3.63) is 35.1 Å². The molecule has 0 radical (unpaired) electrons. The Morgan fingerprint density at radius 1 is 1.35 bits per heavy atom. The van der Waals surface area contributed by atoms with E-state index in [1.807, 2.05) is 6.07 Å². The summed E-state index contributed by atoms with van der Waals surface area (Å²) >= 11 is 0. The minimum atomic E-state index is -0.207. The Bertz CT molecular complexity index is 517. The minimum absolute atomic E-state index is 0.201. The van der Waals surface area contributed by atoms with E-state index in [1.54, 1.807) is 6.07 Å². The van der Waals surface area contributed by atoms with E-state index >= 15 is 0 Å². The number of hydrogen-bond donors (Lipinski definition) is 1. The molecule has 1 N–H and O–H groups in total. The van der Waals surface area contributed by atoms with E-state index in [-0.39, 0.29) is 12.4 Å². The molecule has 1 aromatic rings. The van der Waals surface area contributed by atoms with Crippen molar-refractivity contribution in [1.29, 1.82) is 0 Å². The molecule has 2 rings (SSSR count). The number of hydrogen-bond acceptors (Lipinski definition) is 2. The highest BCUT2D eigenvalue weighted by molar-refractivity contribution is 5.37. The van der Waals surface area contributed by atoms with Gasteiger partial charge in [0.25, 0.3) is 0 Å². The van der Waals surface area contributed by atoms with Crippen molar-refractivity contribution < 1.29 is 9.50 Å². The van der Waals surface area contributed by atoms with E-state index in [0.717, 1.165) is 24.6 Å². The van der Waals surface area contributed by atoms with Crippen LogP contribution in [0.1, 0.15) is 31.4 Å². The lowest BCUT2D eigenvalue weighted by Crippen LogP contribution is -2.38. The first kappa shape index (κ1) is 15.0. The van der Waals surface area contributed by atoms with Crippen LogP contribution in [0.15, 0.2) is 18.2 Å². The Hall–Kier alpha value is -1.37. The molecule has 2 atom stereocenters. The van der Waals surface area contributed by atoms with Crippen LogP contribution in [-0.2, 0) is 6.54 Å². The van der Waals surface area contributed by atoms with Crippen LogP contribution in [0.5, 0.6) is 0 Å². The second-order valence-electron chi connectivity index (χ2n) is 5.74. The largest absolute Gasteiger partial charge is 0.384 e. The summed E-state index contributed by atoms with van der Waals surface area (Å²) in [6.07, 6.45) is 1.18. The smallest absolute Gasteiger partial charge is 0.128 e. The monoisotopic (exact) mass is 275 g/mol. The quantitative estimate of drug-likeness (QED) is 0.839. The fourth-order valence-corrected chi connectivity index (χ4v) is 2.63. The van der Waals surface area contributed by atoms with Crippen LogP contribution < -0.4 is 0 Å². The van der Waals surface area contributed by atoms with E-state index in [0.29, 0.717) is 18.0 Å². The third-order valence-electron chi connectivity index (χ3n) is 4.18. The first-order chi connectivity index (χ1) is 9.60. The maximum Gasteiger partial charge on any atom is 0.128 e. The van der Waals surface area contributed by atoms with Crippen LogP contribution in [0.2, 0.25) is 0 Å². The Balaban J connectivity index is 2.03. The third-order valence-corrected chi connectivity index (χ3v) is 4.18. The molecule has 0 spiro atoms. The Kier molecular flexibility index (Phi) is 5.17. The predicted molar refractivity (Wildman–Crippen MR) is 78.6 cm³/mol. The van der Waals surface area contributed by atoms with Crippen molar-refractivity contribution in [2.75, 3.05) is 19.7 Å². The zero-order valence-electron chi connectivity index (χ0n) is 12.2. The Labute approximate surface area is 120 Å². The van der Waals surface area contributed by atoms with E-state index < -0.39 is 0 Å². The second kappa shape index (κ2) is 6.88. The molecular weight excluding hydrogens is 253 g/mol. The average Bonchev–Trinajstić information content (AvgIpc) is 2.43. The van der Waals surface area contributed by atoms with Gasteiger partial charge in [-0.2, -0.15) is 0 Å². The van der Waals surface area contributed by atoms with Gasteiger partial charge < -0.3 is 5.11 Å². The van der Waals surface area contributed by atoms with Crippen molar-refractivity contribution in [2.45, 2.75) is 26.8 Å². The summed E-state index contributed by atoms with van der Waals surface area (Å²) in [6.45, 7) is 7.09. The van der Waals surface area contributed by atoms with Crippen LogP contribution in [0.4, 0.5) is 4.39 Å². The number of aliphatic hydroxyl groups is 1. The summed E-state index contributed by atoms with van der Waals surface area (Å²) in [7, 11) is 0. The fraction of sp³-hybridized carbons (Fsp3) is 0.529. The summed E-state index contributed by atoms with van der Waals surface area (Å²) in [5.74, 6) is 6.47. The van der Waals surface area contributed by atoms with Crippen molar-refractivity contribution in [2.24, 2.45) is 11.8 Å². The highest BCUT2D eigenvalue weighted by Crippen LogP contribution is 2.24. The molecule has 1 heterocycles. The number of rotatable bonds is 2. The lowest BCUT2D eigenvalue weighted by atomic mass is 9.88. The van der Waals surface area contributed by atoms with E-state index in [2.05, 4.69) is 30.6 Å². The van der Waals surface area contributed by atoms with Gasteiger partial charge in [-0.15, -0.1) is 0 Å². The number of benzene rings is 1. The van der Waals surface area contributed by atoms with Crippen molar-refractivity contribution in [1.82, 2.24) is 4.90 Å². The lowest BCUT2D eigenvalue weighted by molar-refractivity contribution is 0.131. The first-order valence-corrected chi connectivity index (χ1v) is 7.20. The number of likely N-dealkylation sites (tertiary alicyclic amines) is 1. The maximum atomic E-state index is 14.0. The second-order valence-corrected chi connectivity index (χ2v) is 5.74. The minimum Gasteiger partial charge on any atom is -0.384 e. The zero-order valence-corrected chi connectivity index (χ0v) is 12.2. The standard InChI is InChI=1S/C17H22FNO/c1-13-7-8-19(11-14(13)2)12-16-6-5-15(4-3-9-20)10-17(16)18/h5-6,10,13-14,20H,7-9,11-12H2,1-2H3. The molecule has 0 aromatic heterocycles. The SMILES string of the molecule is CC1CCN(Cc2ccc(C#CCO)cc2F)CC1C. The van der Waals surface area contributed by atoms with Gasteiger partial charge in [0.05, 0.1) is 0 Å². The van der Waals surface area contributed by atoms with E-state index in [4.69, 9.17) is 5.11 Å². The molecule has 1 saturated heterocycles. The Morgan fingerprint density at radius 2 is 2.15 bits per heavy atom. The molecule has 1 fully saturated rings. The summed E-state index contributed by atoms with van der Waals surface area (Å²) in [5, 5.41) is 8.64. The van der Waals surface area contributed by atoms with E-state index in [9.17, 15) is 4.39 Å². The highest BCUT2D eigenvalue weighted by Gasteiger charge is 2.23. The van der Waals surface area contributed by atoms with Crippen molar-refractivity contribution in [3.8, 4) is 11.8 Å². The van der Waals surface area contributed by atoms with Gasteiger partial charge in [-0.1, -0.05) is 31.8 Å². The molecule has 3 heteroatoms. The molecule has 0 bridgehead atoms. The molecule has 2 unspecified atom stereocenters. The van der Waals surface area contributed by atoms with Gasteiger partial charge in [-0.25, -0.2) is 4.39 Å². The van der Waals surface area contributed by atoms with Crippen LogP contribution >= 0.6 is 0 Å². The van der Waals surface area contributed by atoms with Crippen molar-refractivity contribution >= 4 is 0 Å². The van der Waals surface area contributed by atoms with Crippen LogP contribution in [0.25, 0.3) is 0 Å². The van der Waals surface area contributed by atoms with Crippen LogP contribution in [0, 0.1) is 29.5 Å². The summed E-state index contributed by atoms with van der Waals surface area (Å²) in [4.78, 5) is 2.32. The van der Waals surface area contributed by atoms with Gasteiger partial charge in [0, 0.05) is 24.2 Å². The van der Waals surface area contributed by atoms with Gasteiger partial charge in [-0.05, 0) is 36.9 Å². The summed E-state index contributed by atoms with van der Waals surface area (Å²) in [5.41, 5.74) is 1.34. The molecule has 1 aliphatic rings. The average molecular weight is 275 g/mol. The zero-order chi connectivity index (χ0) is 14.5. The molecule has 0 aliphatic carbocycles. The third kappa shape index (κ3) is 3.82. The molecule has 0 amide bonds. The number of aliphatic hydroxyl groups excluding tert-OH is 1. The highest BCUT2D eigenvalue weighted by atomic mass is 19.1. The van der Waals surface area contributed by atoms with E-state index in [1.165, 1.54) is 12.5 Å². The summed E-state index contributed by atoms with van der Waals surface area (Å²) < 4.78 is 14.0. The number of piperidine rings is 1. The molecule has 2 nitrogen and oxygen atoms in total. The molecular formula is C17H22FNO. The predicted octanol–water partition coefficient (Wildman–Crippen LogP) is 2.65. The van der Waals surface area contributed by atoms with Gasteiger partial charge in [0.15, 0.2) is 0 Å². The van der Waals surface area contributed by atoms with Crippen LogP contribution in [-0.4, -0.2) is 29.7 Å². The molecule has 0 saturated carbocycles. The van der Waals surface area contributed by atoms with Gasteiger partial charge in [0.2, 0.25) is 0 Å². The van der Waals surface area contributed by atoms with Crippen LogP contribution in [0.3, 0.4) is 0 Å². The topological polar surface area (TPSA) is 23.5 Å². The lowest BCUT2D eigenvalue weighted by Gasteiger charge is -2.35. The van der Waals surface area contributed by atoms with Crippen molar-refractivity contribution in [3.63, 3.8) is 0 Å². The molecule has 1 aromatic carbocycles. The number of nitrogens with zero attached hydrogens (tertiary/aromatic N) is 1. The Morgan fingerprint density at radius 3 is 2.80 bits per heavy atom.